The number of halogens is 1. The summed E-state index contributed by atoms with van der Waals surface area (Å²) in [6.07, 6.45) is 3.29. The Hall–Kier alpha value is -4.70. The summed E-state index contributed by atoms with van der Waals surface area (Å²) in [5, 5.41) is 14.1. The molecule has 1 aliphatic rings. The van der Waals surface area contributed by atoms with Gasteiger partial charge in [-0.05, 0) is 48.1 Å². The van der Waals surface area contributed by atoms with Gasteiger partial charge >= 0.3 is 0 Å². The largest absolute Gasteiger partial charge is 0.342 e. The van der Waals surface area contributed by atoms with Gasteiger partial charge in [0.15, 0.2) is 5.11 Å². The van der Waals surface area contributed by atoms with E-state index < -0.39 is 22.6 Å². The molecular weight excluding hydrogens is 483 g/mol. The molecule has 2 heterocycles. The highest BCUT2D eigenvalue weighted by atomic mass is 32.1. The second-order valence-electron chi connectivity index (χ2n) is 8.09. The van der Waals surface area contributed by atoms with Crippen LogP contribution in [0.1, 0.15) is 11.1 Å². The fraction of sp³-hybridized carbons (Fsp3) is 0.0385. The summed E-state index contributed by atoms with van der Waals surface area (Å²) in [6.45, 7) is 0.418. The first-order chi connectivity index (χ1) is 17.3. The lowest BCUT2D eigenvalue weighted by molar-refractivity contribution is -0.384. The number of hydrogen-bond acceptors (Lipinski definition) is 5. The predicted octanol–water partition coefficient (Wildman–Crippen LogP) is 4.57. The number of carbonyl (C=O) groups excluding carboxylic acids is 2. The zero-order valence-electron chi connectivity index (χ0n) is 18.6. The van der Waals surface area contributed by atoms with Crippen LogP contribution in [0.3, 0.4) is 0 Å². The molecular formula is C26H17FN4O4S. The normalized spacial score (nSPS) is 15.0. The lowest BCUT2D eigenvalue weighted by atomic mass is 10.1. The van der Waals surface area contributed by atoms with Crippen LogP contribution in [0.4, 0.5) is 15.8 Å². The third-order valence-electron chi connectivity index (χ3n) is 5.79. The zero-order chi connectivity index (χ0) is 25.4. The van der Waals surface area contributed by atoms with Crippen molar-refractivity contribution in [1.82, 2.24) is 9.88 Å². The van der Waals surface area contributed by atoms with E-state index in [1.807, 2.05) is 28.8 Å². The van der Waals surface area contributed by atoms with Crippen LogP contribution >= 0.6 is 12.2 Å². The monoisotopic (exact) mass is 500 g/mol. The number of nitro benzene ring substituents is 1. The van der Waals surface area contributed by atoms with E-state index in [0.717, 1.165) is 27.4 Å². The Morgan fingerprint density at radius 3 is 2.50 bits per heavy atom. The molecule has 4 aromatic rings. The number of rotatable bonds is 5. The topological polar surface area (TPSA) is 97.5 Å². The van der Waals surface area contributed by atoms with Crippen molar-refractivity contribution < 1.29 is 18.9 Å². The fourth-order valence-corrected chi connectivity index (χ4v) is 4.38. The van der Waals surface area contributed by atoms with Crippen LogP contribution in [-0.2, 0) is 16.1 Å². The molecule has 1 N–H and O–H groups in total. The van der Waals surface area contributed by atoms with E-state index in [1.54, 1.807) is 18.3 Å². The van der Waals surface area contributed by atoms with Gasteiger partial charge in [0.25, 0.3) is 17.5 Å². The second kappa shape index (κ2) is 9.16. The van der Waals surface area contributed by atoms with E-state index in [4.69, 9.17) is 12.2 Å². The molecule has 36 heavy (non-hydrogen) atoms. The molecule has 1 aliphatic heterocycles. The summed E-state index contributed by atoms with van der Waals surface area (Å²) in [4.78, 5) is 37.6. The Morgan fingerprint density at radius 1 is 1.03 bits per heavy atom. The molecule has 0 unspecified atom stereocenters. The van der Waals surface area contributed by atoms with Crippen LogP contribution in [-0.4, -0.2) is 26.4 Å². The molecule has 0 spiro atoms. The van der Waals surface area contributed by atoms with E-state index in [9.17, 15) is 24.1 Å². The maximum Gasteiger partial charge on any atom is 0.270 e. The van der Waals surface area contributed by atoms with Gasteiger partial charge in [0.1, 0.15) is 11.4 Å². The third-order valence-corrected chi connectivity index (χ3v) is 6.07. The standard InChI is InChI=1S/C26H17FN4O4S/c27-18-4-3-5-20(13-18)30-25(33)22(24(32)28-26(30)36)12-17-15-29(23-7-2-1-6-21(17)23)14-16-8-10-19(11-9-16)31(34)35/h1-13,15H,14H2,(H,28,32,36)/b22-12+. The smallest absolute Gasteiger partial charge is 0.270 e. The van der Waals surface area contributed by atoms with E-state index in [0.29, 0.717) is 12.1 Å². The van der Waals surface area contributed by atoms with Crippen LogP contribution < -0.4 is 10.2 Å². The van der Waals surface area contributed by atoms with Crippen molar-refractivity contribution in [3.05, 3.63) is 112 Å². The highest BCUT2D eigenvalue weighted by Gasteiger charge is 2.34. The Bertz CT molecular complexity index is 1590. The molecule has 5 rings (SSSR count). The third kappa shape index (κ3) is 4.25. The number of nitro groups is 1. The number of aromatic nitrogens is 1. The minimum absolute atomic E-state index is 0.00382. The first-order valence-corrected chi connectivity index (χ1v) is 11.2. The lowest BCUT2D eigenvalue weighted by Gasteiger charge is -2.28. The lowest BCUT2D eigenvalue weighted by Crippen LogP contribution is -2.54. The minimum Gasteiger partial charge on any atom is -0.342 e. The summed E-state index contributed by atoms with van der Waals surface area (Å²) in [5.41, 5.74) is 2.38. The number of thiocarbonyl (C=S) groups is 1. The summed E-state index contributed by atoms with van der Waals surface area (Å²) < 4.78 is 15.7. The first kappa shape index (κ1) is 23.1. The van der Waals surface area contributed by atoms with Gasteiger partial charge in [-0.1, -0.05) is 36.4 Å². The fourth-order valence-electron chi connectivity index (χ4n) is 4.10. The Labute approximate surface area is 209 Å². The van der Waals surface area contributed by atoms with Crippen molar-refractivity contribution >= 4 is 57.5 Å². The number of nitrogens with one attached hydrogen (secondary N) is 1. The van der Waals surface area contributed by atoms with Gasteiger partial charge in [0, 0.05) is 41.3 Å². The van der Waals surface area contributed by atoms with Gasteiger partial charge in [-0.25, -0.2) is 4.39 Å². The van der Waals surface area contributed by atoms with Crippen LogP contribution in [0.5, 0.6) is 0 Å². The maximum atomic E-state index is 13.8. The summed E-state index contributed by atoms with van der Waals surface area (Å²) >= 11 is 5.18. The van der Waals surface area contributed by atoms with Gasteiger partial charge in [0.2, 0.25) is 0 Å². The van der Waals surface area contributed by atoms with Gasteiger partial charge in [-0.15, -0.1) is 0 Å². The molecule has 1 saturated heterocycles. The molecule has 178 valence electrons. The molecule has 0 atom stereocenters. The van der Waals surface area contributed by atoms with Crippen molar-refractivity contribution in [2.75, 3.05) is 4.90 Å². The van der Waals surface area contributed by atoms with Crippen molar-refractivity contribution in [1.29, 1.82) is 0 Å². The average molecular weight is 501 g/mol. The molecule has 10 heteroatoms. The molecule has 0 aliphatic carbocycles. The number of fused-ring (bicyclic) bond motifs is 1. The number of para-hydroxylation sites is 1. The molecule has 8 nitrogen and oxygen atoms in total. The Morgan fingerprint density at radius 2 is 1.78 bits per heavy atom. The predicted molar refractivity (Wildman–Crippen MR) is 137 cm³/mol. The average Bonchev–Trinajstić information content (AvgIpc) is 3.19. The van der Waals surface area contributed by atoms with E-state index >= 15 is 0 Å². The molecule has 0 bridgehead atoms. The summed E-state index contributed by atoms with van der Waals surface area (Å²) in [6, 6.07) is 19.1. The zero-order valence-corrected chi connectivity index (χ0v) is 19.4. The molecule has 0 saturated carbocycles. The number of hydrogen-bond donors (Lipinski definition) is 1. The Balaban J connectivity index is 1.54. The van der Waals surface area contributed by atoms with Gasteiger partial charge in [-0.3, -0.25) is 29.9 Å². The number of benzene rings is 3. The van der Waals surface area contributed by atoms with Crippen molar-refractivity contribution in [3.8, 4) is 0 Å². The first-order valence-electron chi connectivity index (χ1n) is 10.8. The van der Waals surface area contributed by atoms with Gasteiger partial charge in [-0.2, -0.15) is 0 Å². The van der Waals surface area contributed by atoms with Crippen LogP contribution in [0, 0.1) is 15.9 Å². The maximum absolute atomic E-state index is 13.8. The van der Waals surface area contributed by atoms with Gasteiger partial charge in [0.05, 0.1) is 10.6 Å². The summed E-state index contributed by atoms with van der Waals surface area (Å²) in [7, 11) is 0. The SMILES string of the molecule is O=C1NC(=S)N(c2cccc(F)c2)C(=O)/C1=C/c1cn(Cc2ccc([N+](=O)[O-])cc2)c2ccccc12. The van der Waals surface area contributed by atoms with Crippen LogP contribution in [0.25, 0.3) is 17.0 Å². The quantitative estimate of drug-likeness (QED) is 0.142. The molecule has 2 amide bonds. The Kier molecular flexibility index (Phi) is 5.87. The molecule has 3 aromatic carbocycles. The van der Waals surface area contributed by atoms with Crippen LogP contribution in [0.2, 0.25) is 0 Å². The molecule has 1 fully saturated rings. The minimum atomic E-state index is -0.665. The van der Waals surface area contributed by atoms with Gasteiger partial charge < -0.3 is 4.57 Å². The number of carbonyl (C=O) groups is 2. The van der Waals surface area contributed by atoms with Crippen molar-refractivity contribution in [2.24, 2.45) is 0 Å². The van der Waals surface area contributed by atoms with Crippen molar-refractivity contribution in [2.45, 2.75) is 6.54 Å². The molecule has 0 radical (unpaired) electrons. The highest BCUT2D eigenvalue weighted by molar-refractivity contribution is 7.80. The highest BCUT2D eigenvalue weighted by Crippen LogP contribution is 2.28. The number of nitrogens with zero attached hydrogens (tertiary/aromatic N) is 3. The van der Waals surface area contributed by atoms with Crippen molar-refractivity contribution in [3.63, 3.8) is 0 Å². The van der Waals surface area contributed by atoms with Crippen LogP contribution in [0.15, 0.2) is 84.6 Å². The summed E-state index contributed by atoms with van der Waals surface area (Å²) in [5.74, 6) is -1.86. The number of non-ortho nitro benzene ring substituents is 1. The van der Waals surface area contributed by atoms with E-state index in [2.05, 4.69) is 5.32 Å². The van der Waals surface area contributed by atoms with E-state index in [1.165, 1.54) is 36.4 Å². The number of amides is 2. The van der Waals surface area contributed by atoms with E-state index in [-0.39, 0.29) is 22.1 Å². The second-order valence-corrected chi connectivity index (χ2v) is 8.48. The molecule has 1 aromatic heterocycles. The number of anilines is 1.